The van der Waals surface area contributed by atoms with Gasteiger partial charge in [-0.15, -0.1) is 0 Å². The summed E-state index contributed by atoms with van der Waals surface area (Å²) in [5.74, 6) is 2.54. The van der Waals surface area contributed by atoms with Gasteiger partial charge in [-0.25, -0.2) is 9.97 Å². The van der Waals surface area contributed by atoms with Crippen LogP contribution in [-0.4, -0.2) is 35.0 Å². The van der Waals surface area contributed by atoms with Gasteiger partial charge >= 0.3 is 0 Å². The predicted molar refractivity (Wildman–Crippen MR) is 185 cm³/mol. The van der Waals surface area contributed by atoms with Crippen molar-refractivity contribution in [2.75, 3.05) is 6.61 Å². The average molecular weight is 654 g/mol. The highest BCUT2D eigenvalue weighted by atomic mass is 35.5. The van der Waals surface area contributed by atoms with Gasteiger partial charge in [0.25, 0.3) is 0 Å². The second-order valence-electron chi connectivity index (χ2n) is 13.2. The van der Waals surface area contributed by atoms with Crippen LogP contribution in [0.4, 0.5) is 0 Å². The summed E-state index contributed by atoms with van der Waals surface area (Å²) in [4.78, 5) is 21.5. The average Bonchev–Trinajstić information content (AvgIpc) is 3.77. The molecule has 9 heteroatoms. The van der Waals surface area contributed by atoms with Crippen molar-refractivity contribution in [2.24, 2.45) is 5.92 Å². The first-order valence-corrected chi connectivity index (χ1v) is 20.0. The molecule has 0 bridgehead atoms. The van der Waals surface area contributed by atoms with Crippen LogP contribution in [0.3, 0.4) is 0 Å². The number of nitrogens with zero attached hydrogens (tertiary/aromatic N) is 3. The summed E-state index contributed by atoms with van der Waals surface area (Å²) in [6, 6.07) is 26.7. The van der Waals surface area contributed by atoms with Crippen LogP contribution < -0.4 is 9.47 Å². The molecule has 2 aromatic heterocycles. The number of benzene rings is 3. The molecule has 0 aliphatic heterocycles. The normalized spacial score (nSPS) is 13.2. The van der Waals surface area contributed by atoms with Gasteiger partial charge in [-0.05, 0) is 84.0 Å². The summed E-state index contributed by atoms with van der Waals surface area (Å²) in [5.41, 5.74) is 4.57. The molecule has 0 saturated heterocycles. The van der Waals surface area contributed by atoms with E-state index in [4.69, 9.17) is 25.8 Å². The number of ether oxygens (including phenoxy) is 3. The Kier molecular flexibility index (Phi) is 9.87. The van der Waals surface area contributed by atoms with E-state index in [1.165, 1.54) is 6.33 Å². The highest BCUT2D eigenvalue weighted by Crippen LogP contribution is 2.36. The van der Waals surface area contributed by atoms with Gasteiger partial charge in [0.15, 0.2) is 0 Å². The fraction of sp³-hybridized carbons (Fsp3) is 0.324. The van der Waals surface area contributed by atoms with E-state index in [2.05, 4.69) is 46.3 Å². The number of ketones is 1. The number of halogens is 1. The van der Waals surface area contributed by atoms with Crippen molar-refractivity contribution in [3.05, 3.63) is 101 Å². The van der Waals surface area contributed by atoms with E-state index in [1.807, 2.05) is 60.7 Å². The van der Waals surface area contributed by atoms with Crippen molar-refractivity contribution in [1.29, 1.82) is 0 Å². The molecule has 7 nitrogen and oxygen atoms in total. The maximum atomic E-state index is 12.4. The maximum Gasteiger partial charge on any atom is 0.231 e. The summed E-state index contributed by atoms with van der Waals surface area (Å²) < 4.78 is 20.6. The zero-order valence-electron chi connectivity index (χ0n) is 26.7. The Morgan fingerprint density at radius 3 is 2.43 bits per heavy atom. The molecule has 0 radical (unpaired) electrons. The molecule has 6 rings (SSSR count). The molecular formula is C37H40ClN3O4Si. The molecule has 1 aliphatic rings. The zero-order valence-corrected chi connectivity index (χ0v) is 28.4. The molecule has 0 amide bonds. The van der Waals surface area contributed by atoms with Crippen LogP contribution in [0.2, 0.25) is 30.7 Å². The van der Waals surface area contributed by atoms with Crippen LogP contribution >= 0.6 is 11.6 Å². The van der Waals surface area contributed by atoms with E-state index in [0.29, 0.717) is 61.0 Å². The second kappa shape index (κ2) is 14.2. The number of hydrogen-bond acceptors (Lipinski definition) is 6. The van der Waals surface area contributed by atoms with E-state index >= 15 is 0 Å². The number of rotatable bonds is 15. The molecule has 1 aliphatic carbocycles. The third kappa shape index (κ3) is 8.43. The standard InChI is InChI=1S/C37H40ClN3O4Si/c1-46(2,3)18-17-43-25-41-35(28-11-14-31(15-12-28)44-23-27-7-5-4-6-8-27)22-33-36(41)39-24-40-37(33)45-32-16-13-29(34(38)21-32)20-30(42)19-26-9-10-26/h4-8,11-16,21-22,24,26H,9-10,17-20,23,25H2,1-3H3. The van der Waals surface area contributed by atoms with Crippen LogP contribution in [0.15, 0.2) is 85.2 Å². The number of fused-ring (bicyclic) bond motifs is 1. The van der Waals surface area contributed by atoms with Crippen LogP contribution in [0.25, 0.3) is 22.3 Å². The molecule has 0 N–H and O–H groups in total. The number of carbonyl (C=O) groups is 1. The highest BCUT2D eigenvalue weighted by molar-refractivity contribution is 6.76. The molecule has 0 spiro atoms. The molecule has 1 saturated carbocycles. The van der Waals surface area contributed by atoms with Crippen LogP contribution in [-0.2, 0) is 29.3 Å². The summed E-state index contributed by atoms with van der Waals surface area (Å²) >= 11 is 6.60. The first-order chi connectivity index (χ1) is 22.2. The zero-order chi connectivity index (χ0) is 32.1. The number of Topliss-reactive ketones (excluding diaryl/α,β-unsaturated/α-hetero) is 1. The molecule has 2 heterocycles. The van der Waals surface area contributed by atoms with Crippen molar-refractivity contribution < 1.29 is 19.0 Å². The Morgan fingerprint density at radius 2 is 1.72 bits per heavy atom. The molecule has 0 unspecified atom stereocenters. The minimum atomic E-state index is -1.25. The molecular weight excluding hydrogens is 614 g/mol. The van der Waals surface area contributed by atoms with Crippen molar-refractivity contribution in [1.82, 2.24) is 14.5 Å². The topological polar surface area (TPSA) is 75.5 Å². The van der Waals surface area contributed by atoms with Gasteiger partial charge in [-0.2, -0.15) is 0 Å². The van der Waals surface area contributed by atoms with Crippen molar-refractivity contribution in [3.63, 3.8) is 0 Å². The van der Waals surface area contributed by atoms with E-state index < -0.39 is 8.07 Å². The lowest BCUT2D eigenvalue weighted by molar-refractivity contribution is -0.118. The first kappa shape index (κ1) is 32.0. The van der Waals surface area contributed by atoms with E-state index in [0.717, 1.165) is 52.4 Å². The molecule has 5 aromatic rings. The highest BCUT2D eigenvalue weighted by Gasteiger charge is 2.25. The van der Waals surface area contributed by atoms with E-state index in [-0.39, 0.29) is 5.78 Å². The van der Waals surface area contributed by atoms with Gasteiger partial charge in [0.2, 0.25) is 5.88 Å². The van der Waals surface area contributed by atoms with Crippen molar-refractivity contribution in [3.8, 4) is 28.6 Å². The van der Waals surface area contributed by atoms with Crippen molar-refractivity contribution in [2.45, 2.75) is 64.7 Å². The third-order valence-electron chi connectivity index (χ3n) is 8.11. The lowest BCUT2D eigenvalue weighted by Gasteiger charge is -2.17. The van der Waals surface area contributed by atoms with Gasteiger partial charge < -0.3 is 18.8 Å². The largest absolute Gasteiger partial charge is 0.489 e. The Morgan fingerprint density at radius 1 is 0.957 bits per heavy atom. The van der Waals surface area contributed by atoms with E-state index in [9.17, 15) is 4.79 Å². The Labute approximate surface area is 276 Å². The Bertz CT molecular complexity index is 1800. The van der Waals surface area contributed by atoms with Gasteiger partial charge in [-0.3, -0.25) is 4.79 Å². The lowest BCUT2D eigenvalue weighted by atomic mass is 10.0. The number of aromatic nitrogens is 3. The summed E-state index contributed by atoms with van der Waals surface area (Å²) in [6.07, 6.45) is 4.79. The Balaban J connectivity index is 1.25. The van der Waals surface area contributed by atoms with Gasteiger partial charge in [0.05, 0.1) is 11.1 Å². The van der Waals surface area contributed by atoms with Crippen LogP contribution in [0.5, 0.6) is 17.4 Å². The summed E-state index contributed by atoms with van der Waals surface area (Å²) in [6.45, 7) is 8.57. The van der Waals surface area contributed by atoms with Gasteiger partial charge in [0.1, 0.15) is 42.6 Å². The monoisotopic (exact) mass is 653 g/mol. The van der Waals surface area contributed by atoms with E-state index in [1.54, 1.807) is 6.07 Å². The minimum Gasteiger partial charge on any atom is -0.489 e. The molecule has 0 atom stereocenters. The number of carbonyl (C=O) groups excluding carboxylic acids is 1. The van der Waals surface area contributed by atoms with Crippen LogP contribution in [0.1, 0.15) is 30.4 Å². The third-order valence-corrected chi connectivity index (χ3v) is 10.2. The first-order valence-electron chi connectivity index (χ1n) is 15.9. The second-order valence-corrected chi connectivity index (χ2v) is 19.3. The minimum absolute atomic E-state index is 0.229. The fourth-order valence-electron chi connectivity index (χ4n) is 5.26. The maximum absolute atomic E-state index is 12.4. The van der Waals surface area contributed by atoms with Gasteiger partial charge in [0, 0.05) is 32.5 Å². The Hall–Kier alpha value is -3.98. The summed E-state index contributed by atoms with van der Waals surface area (Å²) in [7, 11) is -1.25. The lowest BCUT2D eigenvalue weighted by Crippen LogP contribution is -2.22. The molecule has 238 valence electrons. The van der Waals surface area contributed by atoms with Crippen molar-refractivity contribution >= 4 is 36.5 Å². The molecule has 46 heavy (non-hydrogen) atoms. The smallest absolute Gasteiger partial charge is 0.231 e. The quantitative estimate of drug-likeness (QED) is 0.0828. The van der Waals surface area contributed by atoms with Gasteiger partial charge in [-0.1, -0.05) is 67.6 Å². The SMILES string of the molecule is C[Si](C)(C)CCOCn1c(-c2ccc(OCc3ccccc3)cc2)cc2c(Oc3ccc(CC(=O)CC4CC4)c(Cl)c3)ncnc21. The van der Waals surface area contributed by atoms with Crippen LogP contribution in [0, 0.1) is 5.92 Å². The summed E-state index contributed by atoms with van der Waals surface area (Å²) in [5, 5.41) is 1.27. The fourth-order valence-corrected chi connectivity index (χ4v) is 6.26. The number of hydrogen-bond donors (Lipinski definition) is 0. The molecule has 3 aromatic carbocycles. The molecule has 1 fully saturated rings. The predicted octanol–water partition coefficient (Wildman–Crippen LogP) is 9.35.